The number of amides is 3. The molecule has 1 atom stereocenters. The van der Waals surface area contributed by atoms with Crippen molar-refractivity contribution in [1.29, 1.82) is 5.26 Å². The molecule has 0 spiro atoms. The van der Waals surface area contributed by atoms with E-state index in [-0.39, 0.29) is 34.8 Å². The van der Waals surface area contributed by atoms with Gasteiger partial charge in [-0.2, -0.15) is 9.65 Å². The average Bonchev–Trinajstić information content (AvgIpc) is 3.68. The Morgan fingerprint density at radius 2 is 1.86 bits per heavy atom. The first kappa shape index (κ1) is 29.7. The molecule has 5 rings (SSSR count). The summed E-state index contributed by atoms with van der Waals surface area (Å²) < 4.78 is 35.5. The summed E-state index contributed by atoms with van der Waals surface area (Å²) in [7, 11) is 1.50. The molecule has 11 nitrogen and oxygen atoms in total. The number of carbonyl (C=O) groups is 3. The molecule has 0 radical (unpaired) electrons. The molecular weight excluding hydrogens is 560 g/mol. The Labute approximate surface area is 247 Å². The fraction of sp³-hybridized carbons (Fsp3) is 0.367. The first-order valence-corrected chi connectivity index (χ1v) is 13.9. The van der Waals surface area contributed by atoms with Crippen molar-refractivity contribution in [2.45, 2.75) is 13.3 Å². The second kappa shape index (κ2) is 12.6. The van der Waals surface area contributed by atoms with Crippen molar-refractivity contribution in [2.75, 3.05) is 51.2 Å². The van der Waals surface area contributed by atoms with Crippen LogP contribution >= 0.6 is 0 Å². The van der Waals surface area contributed by atoms with Crippen LogP contribution < -0.4 is 15.4 Å². The van der Waals surface area contributed by atoms with E-state index in [4.69, 9.17) is 10.00 Å². The van der Waals surface area contributed by atoms with Crippen molar-refractivity contribution < 1.29 is 27.9 Å². The maximum Gasteiger partial charge on any atom is 0.291 e. The zero-order chi connectivity index (χ0) is 30.7. The monoisotopic (exact) mass is 591 g/mol. The van der Waals surface area contributed by atoms with Crippen molar-refractivity contribution in [3.8, 4) is 23.1 Å². The number of rotatable bonds is 7. The predicted molar refractivity (Wildman–Crippen MR) is 152 cm³/mol. The van der Waals surface area contributed by atoms with Gasteiger partial charge >= 0.3 is 0 Å². The number of aromatic nitrogens is 2. The van der Waals surface area contributed by atoms with Gasteiger partial charge in [-0.05, 0) is 55.8 Å². The van der Waals surface area contributed by atoms with Gasteiger partial charge < -0.3 is 29.7 Å². The maximum absolute atomic E-state index is 14.8. The summed E-state index contributed by atoms with van der Waals surface area (Å²) in [4.78, 5) is 46.6. The summed E-state index contributed by atoms with van der Waals surface area (Å²) in [6.45, 7) is 4.78. The second-order valence-electron chi connectivity index (χ2n) is 10.5. The number of piperazine rings is 1. The minimum atomic E-state index is -1.25. The third-order valence-electron chi connectivity index (χ3n) is 7.81. The fourth-order valence-electron chi connectivity index (χ4n) is 5.41. The molecule has 3 amide bonds. The maximum atomic E-state index is 14.8. The van der Waals surface area contributed by atoms with Gasteiger partial charge in [0.2, 0.25) is 11.7 Å². The zero-order valence-electron chi connectivity index (χ0n) is 23.8. The molecule has 0 saturated carbocycles. The highest BCUT2D eigenvalue weighted by Crippen LogP contribution is 2.30. The van der Waals surface area contributed by atoms with Crippen LogP contribution in [0.15, 0.2) is 36.5 Å². The SMILES string of the molecule is Cc1cc(NC(=O)c2ncc(-c3ccc(OCC#N)c(F)c3F)n2C)ccc1C(=O)N1CCN(C(=O)[C@@H]2CCNC2)CC1. The molecule has 3 heterocycles. The summed E-state index contributed by atoms with van der Waals surface area (Å²) >= 11 is 0. The minimum Gasteiger partial charge on any atom is -0.476 e. The third-order valence-corrected chi connectivity index (χ3v) is 7.81. The summed E-state index contributed by atoms with van der Waals surface area (Å²) in [5.74, 6) is -3.45. The lowest BCUT2D eigenvalue weighted by atomic mass is 10.0. The highest BCUT2D eigenvalue weighted by molar-refractivity contribution is 6.03. The summed E-state index contributed by atoms with van der Waals surface area (Å²) in [6.07, 6.45) is 2.10. The second-order valence-corrected chi connectivity index (χ2v) is 10.5. The lowest BCUT2D eigenvalue weighted by molar-refractivity contribution is -0.136. The van der Waals surface area contributed by atoms with Gasteiger partial charge in [-0.15, -0.1) is 0 Å². The molecule has 3 aromatic rings. The first-order chi connectivity index (χ1) is 20.7. The highest BCUT2D eigenvalue weighted by atomic mass is 19.2. The third kappa shape index (κ3) is 6.05. The van der Waals surface area contributed by atoms with E-state index in [1.807, 2.05) is 4.90 Å². The van der Waals surface area contributed by atoms with Gasteiger partial charge in [0.1, 0.15) is 6.07 Å². The Balaban J connectivity index is 1.23. The number of halogens is 2. The van der Waals surface area contributed by atoms with Crippen LogP contribution in [0.1, 0.15) is 33.0 Å². The molecule has 224 valence electrons. The summed E-state index contributed by atoms with van der Waals surface area (Å²) in [5, 5.41) is 14.6. The summed E-state index contributed by atoms with van der Waals surface area (Å²) in [6, 6.07) is 9.12. The van der Waals surface area contributed by atoms with E-state index in [0.29, 0.717) is 49.5 Å². The lowest BCUT2D eigenvalue weighted by Gasteiger charge is -2.36. The number of ether oxygens (including phenoxy) is 1. The van der Waals surface area contributed by atoms with Crippen LogP contribution in [0.25, 0.3) is 11.3 Å². The molecule has 2 N–H and O–H groups in total. The van der Waals surface area contributed by atoms with E-state index in [1.54, 1.807) is 36.1 Å². The van der Waals surface area contributed by atoms with E-state index < -0.39 is 29.9 Å². The quantitative estimate of drug-likeness (QED) is 0.432. The molecule has 0 aliphatic carbocycles. The van der Waals surface area contributed by atoms with E-state index in [2.05, 4.69) is 15.6 Å². The van der Waals surface area contributed by atoms with Crippen molar-refractivity contribution >= 4 is 23.4 Å². The lowest BCUT2D eigenvalue weighted by Crippen LogP contribution is -2.52. The van der Waals surface area contributed by atoms with Crippen LogP contribution in [-0.4, -0.2) is 82.9 Å². The molecule has 1 aromatic heterocycles. The summed E-state index contributed by atoms with van der Waals surface area (Å²) in [5.41, 5.74) is 1.62. The Hall–Kier alpha value is -4.83. The molecule has 2 fully saturated rings. The number of nitrogens with one attached hydrogen (secondary N) is 2. The Morgan fingerprint density at radius 3 is 2.53 bits per heavy atom. The van der Waals surface area contributed by atoms with Crippen LogP contribution in [0, 0.1) is 35.8 Å². The van der Waals surface area contributed by atoms with Crippen LogP contribution in [-0.2, 0) is 11.8 Å². The minimum absolute atomic E-state index is 0.0104. The average molecular weight is 592 g/mol. The number of aryl methyl sites for hydroxylation is 1. The molecule has 43 heavy (non-hydrogen) atoms. The topological polar surface area (TPSA) is 133 Å². The molecular formula is C30H31F2N7O4. The van der Waals surface area contributed by atoms with Gasteiger partial charge in [0.05, 0.1) is 17.8 Å². The van der Waals surface area contributed by atoms with Crippen LogP contribution in [0.2, 0.25) is 0 Å². The van der Waals surface area contributed by atoms with Gasteiger partial charge in [0.15, 0.2) is 24.0 Å². The Morgan fingerprint density at radius 1 is 1.12 bits per heavy atom. The largest absolute Gasteiger partial charge is 0.476 e. The number of hydrogen-bond donors (Lipinski definition) is 2. The van der Waals surface area contributed by atoms with Crippen molar-refractivity contribution in [3.05, 3.63) is 65.1 Å². The van der Waals surface area contributed by atoms with E-state index in [0.717, 1.165) is 13.0 Å². The molecule has 2 aromatic carbocycles. The van der Waals surface area contributed by atoms with E-state index >= 15 is 0 Å². The standard InChI is InChI=1S/C30H31F2N7O4/c1-18-15-20(3-4-21(18)30(42)39-12-10-38(11-13-39)29(41)19-7-9-34-16-19)36-28(40)27-35-17-23(37(27)2)22-5-6-24(43-14-8-33)26(32)25(22)31/h3-6,15,17,19,34H,7,9-14,16H2,1-2H3,(H,36,40)/t19-/m1/s1. The molecule has 13 heteroatoms. The molecule has 2 aliphatic heterocycles. The number of imidazole rings is 1. The first-order valence-electron chi connectivity index (χ1n) is 13.9. The van der Waals surface area contributed by atoms with Gasteiger partial charge in [0, 0.05) is 56.6 Å². The Bertz CT molecular complexity index is 1600. The number of nitrogens with zero attached hydrogens (tertiary/aromatic N) is 5. The molecule has 2 aliphatic rings. The van der Waals surface area contributed by atoms with Crippen LogP contribution in [0.5, 0.6) is 5.75 Å². The van der Waals surface area contributed by atoms with Gasteiger partial charge in [0.25, 0.3) is 11.8 Å². The highest BCUT2D eigenvalue weighted by Gasteiger charge is 2.31. The van der Waals surface area contributed by atoms with E-state index in [1.165, 1.54) is 29.9 Å². The van der Waals surface area contributed by atoms with Crippen LogP contribution in [0.3, 0.4) is 0 Å². The van der Waals surface area contributed by atoms with Crippen LogP contribution in [0.4, 0.5) is 14.5 Å². The van der Waals surface area contributed by atoms with Crippen molar-refractivity contribution in [1.82, 2.24) is 24.7 Å². The normalized spacial score (nSPS) is 16.6. The predicted octanol–water partition coefficient (Wildman–Crippen LogP) is 2.72. The van der Waals surface area contributed by atoms with Gasteiger partial charge in [-0.1, -0.05) is 0 Å². The van der Waals surface area contributed by atoms with Crippen molar-refractivity contribution in [3.63, 3.8) is 0 Å². The number of hydrogen-bond acceptors (Lipinski definition) is 7. The van der Waals surface area contributed by atoms with E-state index in [9.17, 15) is 23.2 Å². The zero-order valence-corrected chi connectivity index (χ0v) is 23.8. The van der Waals surface area contributed by atoms with Gasteiger partial charge in [-0.3, -0.25) is 14.4 Å². The number of anilines is 1. The Kier molecular flexibility index (Phi) is 8.68. The molecule has 0 unspecified atom stereocenters. The number of benzene rings is 2. The fourth-order valence-corrected chi connectivity index (χ4v) is 5.41. The van der Waals surface area contributed by atoms with Gasteiger partial charge in [-0.25, -0.2) is 9.37 Å². The smallest absolute Gasteiger partial charge is 0.291 e. The number of carbonyl (C=O) groups excluding carboxylic acids is 3. The van der Waals surface area contributed by atoms with Crippen molar-refractivity contribution in [2.24, 2.45) is 13.0 Å². The molecule has 2 saturated heterocycles. The molecule has 0 bridgehead atoms. The number of nitriles is 1.